The fourth-order valence-electron chi connectivity index (χ4n) is 2.89. The van der Waals surface area contributed by atoms with Gasteiger partial charge in [0, 0.05) is 21.0 Å². The summed E-state index contributed by atoms with van der Waals surface area (Å²) in [6, 6.07) is 15.9. The van der Waals surface area contributed by atoms with Gasteiger partial charge in [-0.25, -0.2) is 4.90 Å². The van der Waals surface area contributed by atoms with Crippen LogP contribution in [-0.2, 0) is 0 Å². The predicted molar refractivity (Wildman–Crippen MR) is 94.2 cm³/mol. The standard InChI is InChI=1S/C18H9BrClNO2/c19-14-8-7-11(9-15(14)20)21-17(22)12-5-1-3-10-4-2-6-13(16(10)12)18(21)23/h1-9H. The first-order chi connectivity index (χ1) is 11.1. The Morgan fingerprint density at radius 3 is 2.04 bits per heavy atom. The van der Waals surface area contributed by atoms with Gasteiger partial charge in [-0.15, -0.1) is 0 Å². The molecule has 0 fully saturated rings. The van der Waals surface area contributed by atoms with Crippen LogP contribution in [0.3, 0.4) is 0 Å². The van der Waals surface area contributed by atoms with Crippen LogP contribution in [0.15, 0.2) is 59.1 Å². The number of amides is 2. The van der Waals surface area contributed by atoms with E-state index >= 15 is 0 Å². The molecule has 0 spiro atoms. The maximum atomic E-state index is 12.9. The topological polar surface area (TPSA) is 37.4 Å². The van der Waals surface area contributed by atoms with Crippen LogP contribution in [0.5, 0.6) is 0 Å². The fourth-order valence-corrected chi connectivity index (χ4v) is 3.31. The zero-order valence-electron chi connectivity index (χ0n) is 11.7. The molecule has 0 aromatic heterocycles. The van der Waals surface area contributed by atoms with Crippen molar-refractivity contribution in [2.45, 2.75) is 0 Å². The summed E-state index contributed by atoms with van der Waals surface area (Å²) in [5, 5.41) is 2.04. The number of carbonyl (C=O) groups excluding carboxylic acids is 2. The number of imide groups is 1. The van der Waals surface area contributed by atoms with Gasteiger partial charge in [-0.3, -0.25) is 9.59 Å². The largest absolute Gasteiger partial charge is 0.268 e. The van der Waals surface area contributed by atoms with Crippen LogP contribution >= 0.6 is 27.5 Å². The second-order valence-electron chi connectivity index (χ2n) is 5.25. The highest BCUT2D eigenvalue weighted by molar-refractivity contribution is 9.10. The van der Waals surface area contributed by atoms with E-state index in [9.17, 15) is 9.59 Å². The van der Waals surface area contributed by atoms with E-state index in [-0.39, 0.29) is 11.8 Å². The monoisotopic (exact) mass is 385 g/mol. The number of nitrogens with zero attached hydrogens (tertiary/aromatic N) is 1. The summed E-state index contributed by atoms with van der Waals surface area (Å²) in [6.07, 6.45) is 0. The highest BCUT2D eigenvalue weighted by atomic mass is 79.9. The first kappa shape index (κ1) is 14.4. The average Bonchev–Trinajstić information content (AvgIpc) is 2.56. The molecule has 4 rings (SSSR count). The lowest BCUT2D eigenvalue weighted by Crippen LogP contribution is -2.40. The van der Waals surface area contributed by atoms with Crippen molar-refractivity contribution in [2.75, 3.05) is 4.90 Å². The van der Waals surface area contributed by atoms with Gasteiger partial charge in [-0.2, -0.15) is 0 Å². The molecule has 0 N–H and O–H groups in total. The lowest BCUT2D eigenvalue weighted by molar-refractivity contribution is 0.0893. The minimum atomic E-state index is -0.335. The van der Waals surface area contributed by atoms with Crippen LogP contribution in [0.4, 0.5) is 5.69 Å². The Morgan fingerprint density at radius 1 is 0.870 bits per heavy atom. The number of halogens is 2. The summed E-state index contributed by atoms with van der Waals surface area (Å²) in [5.41, 5.74) is 1.51. The molecular formula is C18H9BrClNO2. The maximum absolute atomic E-state index is 12.9. The van der Waals surface area contributed by atoms with Crippen molar-refractivity contribution in [3.8, 4) is 0 Å². The third kappa shape index (κ3) is 2.10. The average molecular weight is 387 g/mol. The molecule has 0 aliphatic carbocycles. The summed E-state index contributed by atoms with van der Waals surface area (Å²) < 4.78 is 0.710. The molecular weight excluding hydrogens is 378 g/mol. The Kier molecular flexibility index (Phi) is 3.25. The first-order valence-corrected chi connectivity index (χ1v) is 8.10. The Bertz CT molecular complexity index is 949. The molecule has 23 heavy (non-hydrogen) atoms. The first-order valence-electron chi connectivity index (χ1n) is 6.93. The number of hydrogen-bond donors (Lipinski definition) is 0. The van der Waals surface area contributed by atoms with Crippen molar-refractivity contribution < 1.29 is 9.59 Å². The molecule has 0 radical (unpaired) electrons. The Labute approximate surface area is 145 Å². The van der Waals surface area contributed by atoms with Gasteiger partial charge in [0.1, 0.15) is 0 Å². The molecule has 0 saturated heterocycles. The Hall–Kier alpha value is -2.17. The van der Waals surface area contributed by atoms with Crippen molar-refractivity contribution in [1.29, 1.82) is 0 Å². The van der Waals surface area contributed by atoms with Crippen LogP contribution in [-0.4, -0.2) is 11.8 Å². The summed E-state index contributed by atoms with van der Waals surface area (Å²) in [4.78, 5) is 26.9. The second kappa shape index (κ2) is 5.18. The number of hydrogen-bond acceptors (Lipinski definition) is 2. The van der Waals surface area contributed by atoms with Crippen molar-refractivity contribution >= 4 is 55.8 Å². The number of anilines is 1. The third-order valence-electron chi connectivity index (χ3n) is 3.93. The Morgan fingerprint density at radius 2 is 1.48 bits per heavy atom. The molecule has 5 heteroatoms. The number of carbonyl (C=O) groups is 2. The van der Waals surface area contributed by atoms with E-state index in [2.05, 4.69) is 15.9 Å². The van der Waals surface area contributed by atoms with Crippen molar-refractivity contribution in [2.24, 2.45) is 0 Å². The van der Waals surface area contributed by atoms with Crippen LogP contribution in [0.2, 0.25) is 5.02 Å². The van der Waals surface area contributed by atoms with Crippen molar-refractivity contribution in [3.05, 3.63) is 75.2 Å². The quantitative estimate of drug-likeness (QED) is 0.548. The summed E-state index contributed by atoms with van der Waals surface area (Å²) in [7, 11) is 0. The summed E-state index contributed by atoms with van der Waals surface area (Å²) in [6.45, 7) is 0. The van der Waals surface area contributed by atoms with E-state index in [0.717, 1.165) is 5.39 Å². The van der Waals surface area contributed by atoms with Gasteiger partial charge in [-0.1, -0.05) is 35.9 Å². The van der Waals surface area contributed by atoms with E-state index < -0.39 is 0 Å². The van der Waals surface area contributed by atoms with Crippen molar-refractivity contribution in [1.82, 2.24) is 0 Å². The van der Waals surface area contributed by atoms with Gasteiger partial charge < -0.3 is 0 Å². The van der Waals surface area contributed by atoms with Gasteiger partial charge in [0.2, 0.25) is 0 Å². The molecule has 1 heterocycles. The van der Waals surface area contributed by atoms with E-state index in [1.54, 1.807) is 30.3 Å². The van der Waals surface area contributed by atoms with Crippen molar-refractivity contribution in [3.63, 3.8) is 0 Å². The normalized spacial score (nSPS) is 13.7. The lowest BCUT2D eigenvalue weighted by Gasteiger charge is -2.27. The predicted octanol–water partition coefficient (Wildman–Crippen LogP) is 5.06. The highest BCUT2D eigenvalue weighted by Gasteiger charge is 2.33. The molecule has 0 atom stereocenters. The molecule has 3 nitrogen and oxygen atoms in total. The molecule has 3 aromatic carbocycles. The van der Waals surface area contributed by atoms with Gasteiger partial charge in [0.25, 0.3) is 11.8 Å². The number of benzene rings is 3. The highest BCUT2D eigenvalue weighted by Crippen LogP contribution is 2.34. The molecule has 0 saturated carbocycles. The smallest absolute Gasteiger partial charge is 0.265 e. The minimum absolute atomic E-state index is 0.335. The van der Waals surface area contributed by atoms with E-state index in [1.807, 2.05) is 24.3 Å². The maximum Gasteiger partial charge on any atom is 0.265 e. The zero-order chi connectivity index (χ0) is 16.1. The Balaban J connectivity index is 1.97. The molecule has 3 aromatic rings. The molecule has 2 amide bonds. The molecule has 0 unspecified atom stereocenters. The zero-order valence-corrected chi connectivity index (χ0v) is 14.1. The fraction of sp³-hybridized carbons (Fsp3) is 0. The molecule has 112 valence electrons. The number of rotatable bonds is 1. The summed E-state index contributed by atoms with van der Waals surface area (Å²) >= 11 is 9.43. The lowest BCUT2D eigenvalue weighted by atomic mass is 9.94. The van der Waals surface area contributed by atoms with Crippen LogP contribution in [0.1, 0.15) is 20.7 Å². The van der Waals surface area contributed by atoms with Gasteiger partial charge in [0.05, 0.1) is 10.7 Å². The SMILES string of the molecule is O=C1c2cccc3cccc(c23)C(=O)N1c1ccc(Br)c(Cl)c1. The second-order valence-corrected chi connectivity index (χ2v) is 6.51. The summed E-state index contributed by atoms with van der Waals surface area (Å²) in [5.74, 6) is -0.671. The molecule has 1 aliphatic heterocycles. The van der Waals surface area contributed by atoms with Crippen LogP contribution < -0.4 is 4.90 Å². The molecule has 1 aliphatic rings. The molecule has 0 bridgehead atoms. The van der Waals surface area contributed by atoms with Gasteiger partial charge in [0.15, 0.2) is 0 Å². The third-order valence-corrected chi connectivity index (χ3v) is 5.17. The van der Waals surface area contributed by atoms with Gasteiger partial charge in [-0.05, 0) is 51.6 Å². The minimum Gasteiger partial charge on any atom is -0.268 e. The van der Waals surface area contributed by atoms with Gasteiger partial charge >= 0.3 is 0 Å². The van der Waals surface area contributed by atoms with Crippen LogP contribution in [0.25, 0.3) is 10.8 Å². The van der Waals surface area contributed by atoms with E-state index in [1.165, 1.54) is 4.90 Å². The van der Waals surface area contributed by atoms with Crippen LogP contribution in [0, 0.1) is 0 Å². The van der Waals surface area contributed by atoms with E-state index in [4.69, 9.17) is 11.6 Å². The van der Waals surface area contributed by atoms with E-state index in [0.29, 0.717) is 31.7 Å².